The molecule has 0 saturated carbocycles. The summed E-state index contributed by atoms with van der Waals surface area (Å²) in [5.41, 5.74) is 4.44. The van der Waals surface area contributed by atoms with Gasteiger partial charge in [-0.1, -0.05) is 54.6 Å². The zero-order valence-electron chi connectivity index (χ0n) is 15.3. The Labute approximate surface area is 163 Å². The van der Waals surface area contributed by atoms with Gasteiger partial charge in [-0.15, -0.1) is 11.3 Å². The smallest absolute Gasteiger partial charge is 0.267 e. The first-order valence-electron chi connectivity index (χ1n) is 9.16. The van der Waals surface area contributed by atoms with E-state index in [2.05, 4.69) is 58.6 Å². The molecule has 0 radical (unpaired) electrons. The number of thiophene rings is 1. The number of hydrogen-bond donors (Lipinski definition) is 1. The lowest BCUT2D eigenvalue weighted by molar-refractivity contribution is 0.0946. The van der Waals surface area contributed by atoms with Crippen molar-refractivity contribution in [3.63, 3.8) is 0 Å². The largest absolute Gasteiger partial charge is 0.350 e. The Bertz CT molecular complexity index is 1060. The highest BCUT2D eigenvalue weighted by molar-refractivity contribution is 7.16. The lowest BCUT2D eigenvalue weighted by atomic mass is 10.1. The zero-order chi connectivity index (χ0) is 18.6. The molecule has 2 aromatic carbocycles. The Kier molecular flexibility index (Phi) is 5.07. The van der Waals surface area contributed by atoms with Crippen molar-refractivity contribution in [2.45, 2.75) is 19.9 Å². The topological polar surface area (TPSA) is 34.0 Å². The van der Waals surface area contributed by atoms with Gasteiger partial charge in [0, 0.05) is 18.5 Å². The molecule has 1 N–H and O–H groups in total. The number of carbonyl (C=O) groups excluding carboxylic acids is 1. The van der Waals surface area contributed by atoms with Gasteiger partial charge in [0.05, 0.1) is 0 Å². The fourth-order valence-electron chi connectivity index (χ4n) is 3.33. The molecule has 0 atom stereocenters. The molecule has 2 aromatic heterocycles. The minimum atomic E-state index is -0.0112. The molecule has 0 bridgehead atoms. The van der Waals surface area contributed by atoms with E-state index in [4.69, 9.17) is 0 Å². The summed E-state index contributed by atoms with van der Waals surface area (Å²) in [6, 6.07) is 22.7. The van der Waals surface area contributed by atoms with Gasteiger partial charge in [-0.25, -0.2) is 0 Å². The molecule has 1 amide bonds. The fraction of sp³-hybridized carbons (Fsp3) is 0.174. The average Bonchev–Trinajstić information content (AvgIpc) is 3.27. The molecule has 0 fully saturated rings. The van der Waals surface area contributed by atoms with Gasteiger partial charge in [-0.2, -0.15) is 0 Å². The second kappa shape index (κ2) is 7.80. The lowest BCUT2D eigenvalue weighted by Gasteiger charge is -2.12. The molecule has 4 aromatic rings. The summed E-state index contributed by atoms with van der Waals surface area (Å²) >= 11 is 1.68. The number of amides is 1. The number of aromatic nitrogens is 1. The number of rotatable bonds is 6. The van der Waals surface area contributed by atoms with E-state index in [1.165, 1.54) is 16.7 Å². The van der Waals surface area contributed by atoms with Crippen LogP contribution in [0.4, 0.5) is 0 Å². The molecular formula is C23H22N2OS. The first-order chi connectivity index (χ1) is 13.2. The number of benzene rings is 2. The highest BCUT2D eigenvalue weighted by atomic mass is 32.1. The Morgan fingerprint density at radius 2 is 1.81 bits per heavy atom. The third-order valence-corrected chi connectivity index (χ3v) is 5.82. The third-order valence-electron chi connectivity index (χ3n) is 4.87. The minimum Gasteiger partial charge on any atom is -0.350 e. The highest BCUT2D eigenvalue weighted by Gasteiger charge is 2.17. The fourth-order valence-corrected chi connectivity index (χ4v) is 4.23. The van der Waals surface area contributed by atoms with E-state index in [1.807, 2.05) is 30.3 Å². The van der Waals surface area contributed by atoms with Crippen molar-refractivity contribution in [2.24, 2.45) is 0 Å². The van der Waals surface area contributed by atoms with Crippen molar-refractivity contribution in [3.05, 3.63) is 94.5 Å². The van der Waals surface area contributed by atoms with Gasteiger partial charge in [0.15, 0.2) is 0 Å². The predicted molar refractivity (Wildman–Crippen MR) is 113 cm³/mol. The monoisotopic (exact) mass is 374 g/mol. The maximum atomic E-state index is 12.9. The van der Waals surface area contributed by atoms with E-state index in [9.17, 15) is 4.79 Å². The van der Waals surface area contributed by atoms with Crippen LogP contribution in [0, 0.1) is 6.92 Å². The first kappa shape index (κ1) is 17.6. The van der Waals surface area contributed by atoms with Crippen LogP contribution in [0.3, 0.4) is 0 Å². The van der Waals surface area contributed by atoms with Crippen LogP contribution in [0.25, 0.3) is 10.2 Å². The number of nitrogens with one attached hydrogen (secondary N) is 1. The first-order valence-corrected chi connectivity index (χ1v) is 10.0. The molecule has 0 unspecified atom stereocenters. The Morgan fingerprint density at radius 1 is 1.04 bits per heavy atom. The van der Waals surface area contributed by atoms with Gasteiger partial charge < -0.3 is 9.88 Å². The van der Waals surface area contributed by atoms with E-state index in [-0.39, 0.29) is 5.91 Å². The van der Waals surface area contributed by atoms with Crippen molar-refractivity contribution < 1.29 is 4.79 Å². The number of aryl methyl sites for hydroxylation is 1. The summed E-state index contributed by atoms with van der Waals surface area (Å²) in [5.74, 6) is -0.0112. The van der Waals surface area contributed by atoms with E-state index in [1.54, 1.807) is 11.3 Å². The molecule has 136 valence electrons. The predicted octanol–water partition coefficient (Wildman–Crippen LogP) is 5.03. The molecule has 0 spiro atoms. The second-order valence-electron chi connectivity index (χ2n) is 6.71. The van der Waals surface area contributed by atoms with Crippen LogP contribution in [0.15, 0.2) is 72.1 Å². The van der Waals surface area contributed by atoms with Gasteiger partial charge in [-0.3, -0.25) is 4.79 Å². The van der Waals surface area contributed by atoms with Crippen LogP contribution >= 0.6 is 11.3 Å². The van der Waals surface area contributed by atoms with E-state index >= 15 is 0 Å². The van der Waals surface area contributed by atoms with Crippen LogP contribution in [-0.2, 0) is 13.0 Å². The van der Waals surface area contributed by atoms with Crippen molar-refractivity contribution in [3.8, 4) is 0 Å². The second-order valence-corrected chi connectivity index (χ2v) is 7.61. The minimum absolute atomic E-state index is 0.0112. The Hall–Kier alpha value is -2.85. The number of hydrogen-bond acceptors (Lipinski definition) is 2. The maximum absolute atomic E-state index is 12.9. The van der Waals surface area contributed by atoms with Gasteiger partial charge >= 0.3 is 0 Å². The van der Waals surface area contributed by atoms with Gasteiger partial charge in [0.1, 0.15) is 10.5 Å². The van der Waals surface area contributed by atoms with Crippen LogP contribution < -0.4 is 5.32 Å². The van der Waals surface area contributed by atoms with Crippen LogP contribution in [-0.4, -0.2) is 17.0 Å². The summed E-state index contributed by atoms with van der Waals surface area (Å²) < 4.78 is 2.14. The molecule has 2 heterocycles. The summed E-state index contributed by atoms with van der Waals surface area (Å²) in [7, 11) is 0. The highest BCUT2D eigenvalue weighted by Crippen LogP contribution is 2.27. The van der Waals surface area contributed by atoms with Crippen molar-refractivity contribution in [2.75, 3.05) is 6.54 Å². The Balaban J connectivity index is 1.55. The molecule has 0 aliphatic carbocycles. The standard InChI is InChI=1S/C23H22N2OS/c1-17-7-5-6-10-20(17)16-25-21(15-19-12-14-27-23(19)25)22(26)24-13-11-18-8-3-2-4-9-18/h2-10,12,14-15H,11,13,16H2,1H3,(H,24,26). The van der Waals surface area contributed by atoms with Crippen LogP contribution in [0.2, 0.25) is 0 Å². The quantitative estimate of drug-likeness (QED) is 0.504. The summed E-state index contributed by atoms with van der Waals surface area (Å²) in [6.07, 6.45) is 0.833. The maximum Gasteiger partial charge on any atom is 0.267 e. The third kappa shape index (κ3) is 3.81. The van der Waals surface area contributed by atoms with Crippen molar-refractivity contribution >= 4 is 27.5 Å². The molecule has 4 rings (SSSR count). The molecule has 0 saturated heterocycles. The Morgan fingerprint density at radius 3 is 2.63 bits per heavy atom. The van der Waals surface area contributed by atoms with Crippen molar-refractivity contribution in [1.82, 2.24) is 9.88 Å². The lowest BCUT2D eigenvalue weighted by Crippen LogP contribution is -2.28. The van der Waals surface area contributed by atoms with Gasteiger partial charge in [0.25, 0.3) is 5.91 Å². The normalized spacial score (nSPS) is 11.0. The SMILES string of the molecule is Cc1ccccc1Cn1c(C(=O)NCCc2ccccc2)cc2ccsc21. The number of fused-ring (bicyclic) bond motifs is 1. The molecule has 27 heavy (non-hydrogen) atoms. The van der Waals surface area contributed by atoms with Gasteiger partial charge in [-0.05, 0) is 47.5 Å². The zero-order valence-corrected chi connectivity index (χ0v) is 16.1. The molecule has 0 aliphatic heterocycles. The number of nitrogens with zero attached hydrogens (tertiary/aromatic N) is 1. The molecular weight excluding hydrogens is 352 g/mol. The van der Waals surface area contributed by atoms with E-state index in [0.29, 0.717) is 13.1 Å². The molecule has 0 aliphatic rings. The number of carbonyl (C=O) groups is 1. The average molecular weight is 375 g/mol. The summed E-state index contributed by atoms with van der Waals surface area (Å²) in [5, 5.41) is 6.29. The summed E-state index contributed by atoms with van der Waals surface area (Å²) in [4.78, 5) is 14.0. The molecule has 3 nitrogen and oxygen atoms in total. The van der Waals surface area contributed by atoms with E-state index in [0.717, 1.165) is 22.3 Å². The van der Waals surface area contributed by atoms with E-state index < -0.39 is 0 Å². The van der Waals surface area contributed by atoms with Crippen LogP contribution in [0.1, 0.15) is 27.2 Å². The van der Waals surface area contributed by atoms with Crippen LogP contribution in [0.5, 0.6) is 0 Å². The van der Waals surface area contributed by atoms with Gasteiger partial charge in [0.2, 0.25) is 0 Å². The molecule has 4 heteroatoms. The summed E-state index contributed by atoms with van der Waals surface area (Å²) in [6.45, 7) is 3.45. The van der Waals surface area contributed by atoms with Crippen molar-refractivity contribution in [1.29, 1.82) is 0 Å².